The largest absolute Gasteiger partial charge is 0.514 e. The molecule has 0 aliphatic heterocycles. The Labute approximate surface area is 180 Å². The molecular weight excluding hydrogens is 431 g/mol. The number of nitro groups is 1. The molecule has 0 N–H and O–H groups in total. The van der Waals surface area contributed by atoms with Gasteiger partial charge in [0.2, 0.25) is 5.78 Å². The summed E-state index contributed by atoms with van der Waals surface area (Å²) in [4.78, 5) is 47.3. The fourth-order valence-corrected chi connectivity index (χ4v) is 2.54. The minimum atomic E-state index is -1.42. The molecule has 0 aliphatic rings. The van der Waals surface area contributed by atoms with Crippen molar-refractivity contribution in [2.45, 2.75) is 13.8 Å². The zero-order chi connectivity index (χ0) is 23.8. The van der Waals surface area contributed by atoms with E-state index in [1.54, 1.807) is 6.07 Å². The van der Waals surface area contributed by atoms with Gasteiger partial charge in [-0.3, -0.25) is 14.9 Å². The Balaban J connectivity index is 2.83. The van der Waals surface area contributed by atoms with Crippen LogP contribution in [0.3, 0.4) is 0 Å². The van der Waals surface area contributed by atoms with Gasteiger partial charge in [0.05, 0.1) is 29.3 Å². The zero-order valence-electron chi connectivity index (χ0n) is 16.7. The second-order valence-corrected chi connectivity index (χ2v) is 5.72. The molecule has 0 aromatic heterocycles. The molecule has 0 saturated carbocycles. The lowest BCUT2D eigenvalue weighted by Crippen LogP contribution is -2.18. The highest BCUT2D eigenvalue weighted by Gasteiger charge is 2.36. The number of carbonyl (C=O) groups is 3. The van der Waals surface area contributed by atoms with Crippen LogP contribution in [0.1, 0.15) is 35.3 Å². The molecule has 0 saturated heterocycles. The molecule has 0 atom stereocenters. The third-order valence-corrected chi connectivity index (χ3v) is 3.77. The van der Waals surface area contributed by atoms with Crippen molar-refractivity contribution in [3.63, 3.8) is 0 Å². The monoisotopic (exact) mass is 446 g/mol. The van der Waals surface area contributed by atoms with E-state index in [0.717, 1.165) is 18.2 Å². The molecule has 2 aromatic carbocycles. The molecule has 0 radical (unpaired) electrons. The van der Waals surface area contributed by atoms with Crippen molar-refractivity contribution in [1.82, 2.24) is 0 Å². The summed E-state index contributed by atoms with van der Waals surface area (Å²) in [6, 6.07) is 6.91. The predicted octanol–water partition coefficient (Wildman–Crippen LogP) is 3.91. The fraction of sp³-hybridized carbons (Fsp3) is 0.200. The smallest absolute Gasteiger partial charge is 0.434 e. The Morgan fingerprint density at radius 1 is 1.09 bits per heavy atom. The molecule has 2 rings (SSSR count). The second-order valence-electron chi connectivity index (χ2n) is 5.72. The summed E-state index contributed by atoms with van der Waals surface area (Å²) in [5.74, 6) is -4.00. The van der Waals surface area contributed by atoms with E-state index in [0.29, 0.717) is 0 Å². The van der Waals surface area contributed by atoms with Crippen LogP contribution in [0.4, 0.5) is 19.7 Å². The topological polar surface area (TPSA) is 155 Å². The van der Waals surface area contributed by atoms with Crippen LogP contribution in [0.5, 0.6) is 11.5 Å². The first-order valence-electron chi connectivity index (χ1n) is 8.98. The Hall–Kier alpha value is -4.53. The van der Waals surface area contributed by atoms with Gasteiger partial charge in [-0.05, 0) is 26.0 Å². The summed E-state index contributed by atoms with van der Waals surface area (Å²) in [6.45, 7) is 2.59. The summed E-state index contributed by atoms with van der Waals surface area (Å²) in [7, 11) is 0. The van der Waals surface area contributed by atoms with E-state index >= 15 is 0 Å². The number of ether oxygens (including phenoxy) is 4. The number of nitro benzene ring substituents is 1. The highest BCUT2D eigenvalue weighted by atomic mass is 19.1. The van der Waals surface area contributed by atoms with Crippen molar-refractivity contribution in [2.24, 2.45) is 0 Å². The predicted molar refractivity (Wildman–Crippen MR) is 103 cm³/mol. The second kappa shape index (κ2) is 10.5. The van der Waals surface area contributed by atoms with Crippen molar-refractivity contribution in [3.8, 4) is 17.6 Å². The number of rotatable bonds is 7. The molecule has 0 aliphatic carbocycles. The number of nitriles is 1. The fourth-order valence-electron chi connectivity index (χ4n) is 2.54. The van der Waals surface area contributed by atoms with Crippen LogP contribution in [-0.2, 0) is 9.47 Å². The lowest BCUT2D eigenvalue weighted by atomic mass is 9.95. The third kappa shape index (κ3) is 5.14. The average Bonchev–Trinajstić information content (AvgIpc) is 2.74. The van der Waals surface area contributed by atoms with Crippen molar-refractivity contribution >= 4 is 23.8 Å². The average molecular weight is 446 g/mol. The first-order valence-corrected chi connectivity index (χ1v) is 8.98. The van der Waals surface area contributed by atoms with Gasteiger partial charge >= 0.3 is 18.0 Å². The normalized spacial score (nSPS) is 9.94. The quantitative estimate of drug-likeness (QED) is 0.201. The van der Waals surface area contributed by atoms with Crippen LogP contribution in [0.2, 0.25) is 0 Å². The SMILES string of the molecule is CCOC(=O)Oc1cc(C#N)c(C(=O)c2ccccc2F)c([N+](=O)[O-])c1OC(=O)OCC. The maximum absolute atomic E-state index is 14.2. The minimum Gasteiger partial charge on any atom is -0.434 e. The van der Waals surface area contributed by atoms with Crippen molar-refractivity contribution in [1.29, 1.82) is 5.26 Å². The maximum Gasteiger partial charge on any atom is 0.514 e. The summed E-state index contributed by atoms with van der Waals surface area (Å²) >= 11 is 0. The van der Waals surface area contributed by atoms with Gasteiger partial charge in [-0.15, -0.1) is 0 Å². The highest BCUT2D eigenvalue weighted by molar-refractivity contribution is 6.14. The number of carbonyl (C=O) groups excluding carboxylic acids is 3. The highest BCUT2D eigenvalue weighted by Crippen LogP contribution is 2.43. The number of halogens is 1. The van der Waals surface area contributed by atoms with E-state index in [9.17, 15) is 34.2 Å². The zero-order valence-corrected chi connectivity index (χ0v) is 16.7. The molecule has 0 bridgehead atoms. The number of benzene rings is 2. The van der Waals surface area contributed by atoms with Gasteiger partial charge in [0.15, 0.2) is 5.75 Å². The van der Waals surface area contributed by atoms with Crippen LogP contribution in [-0.4, -0.2) is 36.2 Å². The van der Waals surface area contributed by atoms with Crippen LogP contribution >= 0.6 is 0 Å². The van der Waals surface area contributed by atoms with Crippen molar-refractivity contribution in [2.75, 3.05) is 13.2 Å². The van der Waals surface area contributed by atoms with E-state index in [4.69, 9.17) is 9.47 Å². The van der Waals surface area contributed by atoms with Gasteiger partial charge in [-0.1, -0.05) is 12.1 Å². The Kier molecular flexibility index (Phi) is 7.78. The van der Waals surface area contributed by atoms with Crippen LogP contribution in [0.25, 0.3) is 0 Å². The van der Waals surface area contributed by atoms with Gasteiger partial charge in [0.25, 0.3) is 5.75 Å². The minimum absolute atomic E-state index is 0.121. The Bertz CT molecular complexity index is 1120. The van der Waals surface area contributed by atoms with Gasteiger partial charge in [-0.2, -0.15) is 5.26 Å². The number of nitrogens with zero attached hydrogens (tertiary/aromatic N) is 2. The van der Waals surface area contributed by atoms with Crippen molar-refractivity contribution < 1.29 is 42.6 Å². The van der Waals surface area contributed by atoms with Gasteiger partial charge in [0, 0.05) is 6.07 Å². The van der Waals surface area contributed by atoms with E-state index < -0.39 is 62.7 Å². The van der Waals surface area contributed by atoms with Crippen molar-refractivity contribution in [3.05, 3.63) is 63.0 Å². The molecule has 11 nitrogen and oxygen atoms in total. The first kappa shape index (κ1) is 23.7. The summed E-state index contributed by atoms with van der Waals surface area (Å²) in [6.07, 6.45) is -2.74. The molecule has 0 amide bonds. The summed E-state index contributed by atoms with van der Waals surface area (Å²) in [5.41, 5.74) is -3.29. The summed E-state index contributed by atoms with van der Waals surface area (Å²) in [5, 5.41) is 21.4. The van der Waals surface area contributed by atoms with E-state index in [2.05, 4.69) is 9.47 Å². The Morgan fingerprint density at radius 2 is 1.69 bits per heavy atom. The molecular formula is C20H15FN2O9. The molecule has 12 heteroatoms. The summed E-state index contributed by atoms with van der Waals surface area (Å²) < 4.78 is 33.0. The Morgan fingerprint density at radius 3 is 2.22 bits per heavy atom. The lowest BCUT2D eigenvalue weighted by Gasteiger charge is -2.14. The maximum atomic E-state index is 14.2. The molecule has 0 fully saturated rings. The van der Waals surface area contributed by atoms with Gasteiger partial charge < -0.3 is 18.9 Å². The van der Waals surface area contributed by atoms with Gasteiger partial charge in [0.1, 0.15) is 17.4 Å². The van der Waals surface area contributed by atoms with Crippen LogP contribution < -0.4 is 9.47 Å². The van der Waals surface area contributed by atoms with E-state index in [1.807, 2.05) is 0 Å². The molecule has 0 spiro atoms. The van der Waals surface area contributed by atoms with Crippen LogP contribution in [0, 0.1) is 27.3 Å². The molecule has 2 aromatic rings. The first-order chi connectivity index (χ1) is 15.2. The number of hydrogen-bond acceptors (Lipinski definition) is 10. The lowest BCUT2D eigenvalue weighted by molar-refractivity contribution is -0.386. The number of ketones is 1. The molecule has 32 heavy (non-hydrogen) atoms. The van der Waals surface area contributed by atoms with E-state index in [-0.39, 0.29) is 13.2 Å². The van der Waals surface area contributed by atoms with Gasteiger partial charge in [-0.25, -0.2) is 14.0 Å². The number of hydrogen-bond donors (Lipinski definition) is 0. The molecule has 0 heterocycles. The third-order valence-electron chi connectivity index (χ3n) is 3.77. The van der Waals surface area contributed by atoms with Crippen LogP contribution in [0.15, 0.2) is 30.3 Å². The molecule has 0 unspecified atom stereocenters. The standard InChI is InChI=1S/C20H15FN2O9/c1-3-29-19(25)31-14-9-11(10-22)15(17(24)12-7-5-6-8-13(12)21)16(23(27)28)18(14)32-20(26)30-4-2/h5-9H,3-4H2,1-2H3. The molecule has 166 valence electrons. The van der Waals surface area contributed by atoms with E-state index in [1.165, 1.54) is 26.0 Å².